The van der Waals surface area contributed by atoms with Crippen molar-refractivity contribution in [1.82, 2.24) is 10.6 Å². The Morgan fingerprint density at radius 2 is 1.79 bits per heavy atom. The molecule has 0 radical (unpaired) electrons. The summed E-state index contributed by atoms with van der Waals surface area (Å²) in [6.07, 6.45) is 0. The van der Waals surface area contributed by atoms with E-state index in [1.807, 2.05) is 25.1 Å². The standard InChI is InChI=1S/C23H32N4O2/c1-3-24-23(26-18-20-7-5-6-8-22(20)29-4-2)25-17-19-9-11-21(12-10-19)27-13-15-28-16-14-27/h5-12H,3-4,13-18H2,1-2H3,(H2,24,25,26). The van der Waals surface area contributed by atoms with Gasteiger partial charge in [0.25, 0.3) is 0 Å². The quantitative estimate of drug-likeness (QED) is 0.530. The lowest BCUT2D eigenvalue weighted by atomic mass is 10.2. The molecule has 29 heavy (non-hydrogen) atoms. The first kappa shape index (κ1) is 21.0. The zero-order valence-corrected chi connectivity index (χ0v) is 17.5. The molecule has 0 aliphatic carbocycles. The second kappa shape index (κ2) is 11.3. The van der Waals surface area contributed by atoms with Crippen LogP contribution in [0.5, 0.6) is 5.75 Å². The summed E-state index contributed by atoms with van der Waals surface area (Å²) in [5.41, 5.74) is 3.56. The average Bonchev–Trinajstić information content (AvgIpc) is 2.78. The summed E-state index contributed by atoms with van der Waals surface area (Å²) < 4.78 is 11.1. The molecule has 6 nitrogen and oxygen atoms in total. The minimum atomic E-state index is 0.631. The Morgan fingerprint density at radius 1 is 1.03 bits per heavy atom. The minimum absolute atomic E-state index is 0.631. The number of guanidine groups is 1. The highest BCUT2D eigenvalue weighted by molar-refractivity contribution is 5.79. The molecular formula is C23H32N4O2. The summed E-state index contributed by atoms with van der Waals surface area (Å²) >= 11 is 0. The lowest BCUT2D eigenvalue weighted by Gasteiger charge is -2.28. The Morgan fingerprint density at radius 3 is 2.52 bits per heavy atom. The fraction of sp³-hybridized carbons (Fsp3) is 0.435. The van der Waals surface area contributed by atoms with Gasteiger partial charge in [0.15, 0.2) is 5.96 Å². The molecule has 0 unspecified atom stereocenters. The van der Waals surface area contributed by atoms with Gasteiger partial charge in [-0.05, 0) is 37.6 Å². The van der Waals surface area contributed by atoms with E-state index in [-0.39, 0.29) is 0 Å². The van der Waals surface area contributed by atoms with Crippen LogP contribution in [0.1, 0.15) is 25.0 Å². The second-order valence-electron chi connectivity index (χ2n) is 6.86. The number of hydrogen-bond donors (Lipinski definition) is 2. The highest BCUT2D eigenvalue weighted by atomic mass is 16.5. The number of anilines is 1. The van der Waals surface area contributed by atoms with Crippen LogP contribution < -0.4 is 20.3 Å². The topological polar surface area (TPSA) is 58.1 Å². The predicted octanol–water partition coefficient (Wildman–Crippen LogP) is 3.18. The summed E-state index contributed by atoms with van der Waals surface area (Å²) in [6, 6.07) is 16.8. The van der Waals surface area contributed by atoms with Gasteiger partial charge in [-0.3, -0.25) is 0 Å². The van der Waals surface area contributed by atoms with Crippen LogP contribution in [0.4, 0.5) is 5.69 Å². The lowest BCUT2D eigenvalue weighted by Crippen LogP contribution is -2.37. The van der Waals surface area contributed by atoms with Gasteiger partial charge in [0.05, 0.1) is 26.4 Å². The van der Waals surface area contributed by atoms with Gasteiger partial charge in [-0.1, -0.05) is 30.3 Å². The third-order valence-corrected chi connectivity index (χ3v) is 4.80. The molecule has 0 atom stereocenters. The minimum Gasteiger partial charge on any atom is -0.494 e. The third kappa shape index (κ3) is 6.39. The van der Waals surface area contributed by atoms with Crippen molar-refractivity contribution in [3.8, 4) is 5.75 Å². The van der Waals surface area contributed by atoms with Gasteiger partial charge in [0, 0.05) is 37.4 Å². The molecule has 156 valence electrons. The zero-order chi connectivity index (χ0) is 20.3. The van der Waals surface area contributed by atoms with Gasteiger partial charge < -0.3 is 25.0 Å². The Labute approximate surface area is 173 Å². The van der Waals surface area contributed by atoms with Gasteiger partial charge >= 0.3 is 0 Å². The summed E-state index contributed by atoms with van der Waals surface area (Å²) in [4.78, 5) is 7.10. The van der Waals surface area contributed by atoms with Crippen molar-refractivity contribution >= 4 is 11.6 Å². The maximum absolute atomic E-state index is 5.71. The Balaban J connectivity index is 1.59. The Hall–Kier alpha value is -2.73. The number of benzene rings is 2. The third-order valence-electron chi connectivity index (χ3n) is 4.80. The molecule has 3 rings (SSSR count). The monoisotopic (exact) mass is 396 g/mol. The molecule has 1 aliphatic rings. The fourth-order valence-electron chi connectivity index (χ4n) is 3.27. The smallest absolute Gasteiger partial charge is 0.191 e. The van der Waals surface area contributed by atoms with Crippen LogP contribution >= 0.6 is 0 Å². The van der Waals surface area contributed by atoms with Crippen LogP contribution in [-0.2, 0) is 17.8 Å². The predicted molar refractivity (Wildman–Crippen MR) is 119 cm³/mol. The molecule has 2 N–H and O–H groups in total. The van der Waals surface area contributed by atoms with E-state index in [0.29, 0.717) is 19.7 Å². The van der Waals surface area contributed by atoms with Crippen molar-refractivity contribution in [3.05, 3.63) is 59.7 Å². The normalized spacial score (nSPS) is 14.6. The fourth-order valence-corrected chi connectivity index (χ4v) is 3.27. The van der Waals surface area contributed by atoms with Gasteiger partial charge in [-0.25, -0.2) is 4.99 Å². The van der Waals surface area contributed by atoms with Crippen LogP contribution in [0.3, 0.4) is 0 Å². The van der Waals surface area contributed by atoms with E-state index in [0.717, 1.165) is 50.1 Å². The number of rotatable bonds is 8. The number of nitrogens with zero attached hydrogens (tertiary/aromatic N) is 2. The average molecular weight is 397 g/mol. The Bertz CT molecular complexity index is 771. The number of nitrogens with one attached hydrogen (secondary N) is 2. The molecule has 2 aromatic carbocycles. The zero-order valence-electron chi connectivity index (χ0n) is 17.5. The van der Waals surface area contributed by atoms with Crippen molar-refractivity contribution in [2.75, 3.05) is 44.4 Å². The first-order chi connectivity index (χ1) is 14.3. The highest BCUT2D eigenvalue weighted by Gasteiger charge is 2.10. The number of aliphatic imine (C=N–C) groups is 1. The van der Waals surface area contributed by atoms with Crippen molar-refractivity contribution in [2.24, 2.45) is 4.99 Å². The Kier molecular flexibility index (Phi) is 8.19. The number of morpholine rings is 1. The molecular weight excluding hydrogens is 364 g/mol. The first-order valence-corrected chi connectivity index (χ1v) is 10.4. The van der Waals surface area contributed by atoms with Crippen LogP contribution in [0.25, 0.3) is 0 Å². The van der Waals surface area contributed by atoms with E-state index in [4.69, 9.17) is 14.5 Å². The summed E-state index contributed by atoms with van der Waals surface area (Å²) in [5, 5.41) is 6.72. The SMILES string of the molecule is CCNC(=NCc1ccc(N2CCOCC2)cc1)NCc1ccccc1OCC. The molecule has 1 fully saturated rings. The van der Waals surface area contributed by atoms with E-state index in [2.05, 4.69) is 52.8 Å². The molecule has 1 saturated heterocycles. The number of hydrogen-bond acceptors (Lipinski definition) is 4. The van der Waals surface area contributed by atoms with Crippen LogP contribution in [0.2, 0.25) is 0 Å². The molecule has 0 amide bonds. The maximum atomic E-state index is 5.71. The summed E-state index contributed by atoms with van der Waals surface area (Å²) in [5.74, 6) is 1.72. The van der Waals surface area contributed by atoms with Crippen molar-refractivity contribution in [3.63, 3.8) is 0 Å². The van der Waals surface area contributed by atoms with Crippen molar-refractivity contribution in [1.29, 1.82) is 0 Å². The van der Waals surface area contributed by atoms with Gasteiger partial charge in [-0.2, -0.15) is 0 Å². The molecule has 0 spiro atoms. The van der Waals surface area contributed by atoms with Gasteiger partial charge in [0.2, 0.25) is 0 Å². The number of para-hydroxylation sites is 1. The molecule has 0 bridgehead atoms. The molecule has 1 heterocycles. The molecule has 1 aliphatic heterocycles. The largest absolute Gasteiger partial charge is 0.494 e. The summed E-state index contributed by atoms with van der Waals surface area (Å²) in [6.45, 7) is 10.4. The van der Waals surface area contributed by atoms with Crippen LogP contribution in [0.15, 0.2) is 53.5 Å². The highest BCUT2D eigenvalue weighted by Crippen LogP contribution is 2.18. The molecule has 0 aromatic heterocycles. The van der Waals surface area contributed by atoms with E-state index in [1.165, 1.54) is 11.3 Å². The first-order valence-electron chi connectivity index (χ1n) is 10.4. The second-order valence-corrected chi connectivity index (χ2v) is 6.86. The van der Waals surface area contributed by atoms with Crippen LogP contribution in [-0.4, -0.2) is 45.4 Å². The lowest BCUT2D eigenvalue weighted by molar-refractivity contribution is 0.122. The molecule has 2 aromatic rings. The van der Waals surface area contributed by atoms with E-state index < -0.39 is 0 Å². The van der Waals surface area contributed by atoms with E-state index in [1.54, 1.807) is 0 Å². The van der Waals surface area contributed by atoms with E-state index in [9.17, 15) is 0 Å². The van der Waals surface area contributed by atoms with Gasteiger partial charge in [0.1, 0.15) is 5.75 Å². The maximum Gasteiger partial charge on any atom is 0.191 e. The van der Waals surface area contributed by atoms with Crippen molar-refractivity contribution < 1.29 is 9.47 Å². The number of ether oxygens (including phenoxy) is 2. The van der Waals surface area contributed by atoms with Crippen LogP contribution in [0, 0.1) is 0 Å². The van der Waals surface area contributed by atoms with Gasteiger partial charge in [-0.15, -0.1) is 0 Å². The summed E-state index contributed by atoms with van der Waals surface area (Å²) in [7, 11) is 0. The molecule has 0 saturated carbocycles. The molecule has 6 heteroatoms. The van der Waals surface area contributed by atoms with Crippen molar-refractivity contribution in [2.45, 2.75) is 26.9 Å². The van der Waals surface area contributed by atoms with E-state index >= 15 is 0 Å².